The minimum atomic E-state index is -3.53. The van der Waals surface area contributed by atoms with Gasteiger partial charge in [-0.1, -0.05) is 88.1 Å². The molecule has 2 amide bonds. The fourth-order valence-electron chi connectivity index (χ4n) is 6.50. The zero-order valence-corrected chi connectivity index (χ0v) is 27.5. The van der Waals surface area contributed by atoms with E-state index in [1.807, 2.05) is 44.4 Å². The van der Waals surface area contributed by atoms with E-state index in [0.29, 0.717) is 43.6 Å². The molecule has 0 spiro atoms. The Bertz CT molecular complexity index is 1150. The maximum absolute atomic E-state index is 13.9. The zero-order valence-electron chi connectivity index (χ0n) is 26.7. The second-order valence-electron chi connectivity index (χ2n) is 14.1. The van der Waals surface area contributed by atoms with Gasteiger partial charge in [0.2, 0.25) is 11.8 Å². The number of carbonyl (C=O) groups is 2. The second-order valence-corrected chi connectivity index (χ2v) is 16.4. The summed E-state index contributed by atoms with van der Waals surface area (Å²) < 4.78 is 26.1. The van der Waals surface area contributed by atoms with E-state index in [2.05, 4.69) is 10.6 Å². The molecule has 0 heterocycles. The third-order valence-electron chi connectivity index (χ3n) is 9.62. The maximum Gasteiger partial charge on any atom is 0.242 e. The quantitative estimate of drug-likeness (QED) is 0.184. The molecule has 0 saturated heterocycles. The molecular formula is C34H55N3O6S. The number of benzene rings is 1. The normalized spacial score (nSPS) is 21.3. The molecule has 3 aliphatic carbocycles. The summed E-state index contributed by atoms with van der Waals surface area (Å²) in [7, 11) is 0.0946. The molecule has 44 heavy (non-hydrogen) atoms. The smallest absolute Gasteiger partial charge is 0.242 e. The Morgan fingerprint density at radius 3 is 2.07 bits per heavy atom. The topological polar surface area (TPSA) is 136 Å². The summed E-state index contributed by atoms with van der Waals surface area (Å²) >= 11 is 0. The van der Waals surface area contributed by atoms with Crippen molar-refractivity contribution in [1.82, 2.24) is 15.5 Å². The molecule has 5 atom stereocenters. The van der Waals surface area contributed by atoms with Gasteiger partial charge in [0.25, 0.3) is 0 Å². The van der Waals surface area contributed by atoms with Gasteiger partial charge in [0.1, 0.15) is 12.1 Å². The van der Waals surface area contributed by atoms with E-state index < -0.39 is 46.0 Å². The number of hydrogen-bond donors (Lipinski definition) is 4. The SMILES string of the molecule is CN(C)CCS(=O)(=O)C[C@@H](Cc1ccccc1)C(=O)N[C@@H](CC1CC1)C(=O)N[C@@H](CC1CCCCC1)[C@@H](O)[C@@H](O)CC1CC1. The van der Waals surface area contributed by atoms with Crippen molar-refractivity contribution in [2.45, 2.75) is 108 Å². The van der Waals surface area contributed by atoms with E-state index in [1.165, 1.54) is 6.42 Å². The van der Waals surface area contributed by atoms with Crippen molar-refractivity contribution in [1.29, 1.82) is 0 Å². The molecule has 248 valence electrons. The average molecular weight is 634 g/mol. The van der Waals surface area contributed by atoms with Crippen molar-refractivity contribution in [3.8, 4) is 0 Å². The van der Waals surface area contributed by atoms with Gasteiger partial charge in [0.15, 0.2) is 9.84 Å². The molecule has 3 saturated carbocycles. The molecule has 0 bridgehead atoms. The minimum absolute atomic E-state index is 0.0471. The molecule has 0 radical (unpaired) electrons. The summed E-state index contributed by atoms with van der Waals surface area (Å²) in [6.07, 6.45) is 9.52. The molecule has 4 N–H and O–H groups in total. The highest BCUT2D eigenvalue weighted by molar-refractivity contribution is 7.91. The molecule has 0 unspecified atom stereocenters. The molecule has 9 nitrogen and oxygen atoms in total. The van der Waals surface area contributed by atoms with E-state index >= 15 is 0 Å². The molecule has 0 aliphatic heterocycles. The molecule has 4 rings (SSSR count). The molecule has 0 aromatic heterocycles. The van der Waals surface area contributed by atoms with Gasteiger partial charge in [-0.2, -0.15) is 0 Å². The lowest BCUT2D eigenvalue weighted by molar-refractivity contribution is -0.132. The Balaban J connectivity index is 1.48. The van der Waals surface area contributed by atoms with Gasteiger partial charge in [-0.3, -0.25) is 9.59 Å². The van der Waals surface area contributed by atoms with Crippen molar-refractivity contribution < 1.29 is 28.2 Å². The van der Waals surface area contributed by atoms with Crippen LogP contribution in [0.25, 0.3) is 0 Å². The lowest BCUT2D eigenvalue weighted by Gasteiger charge is -2.33. The third-order valence-corrected chi connectivity index (χ3v) is 11.3. The number of sulfone groups is 1. The predicted molar refractivity (Wildman–Crippen MR) is 173 cm³/mol. The van der Waals surface area contributed by atoms with Gasteiger partial charge in [-0.25, -0.2) is 8.42 Å². The maximum atomic E-state index is 13.9. The number of nitrogens with one attached hydrogen (secondary N) is 2. The van der Waals surface area contributed by atoms with Crippen LogP contribution >= 0.6 is 0 Å². The monoisotopic (exact) mass is 633 g/mol. The first kappa shape index (κ1) is 34.9. The highest BCUT2D eigenvalue weighted by atomic mass is 32.2. The first-order valence-corrected chi connectivity index (χ1v) is 18.7. The van der Waals surface area contributed by atoms with Crippen LogP contribution in [0.3, 0.4) is 0 Å². The van der Waals surface area contributed by atoms with Crippen LogP contribution in [-0.2, 0) is 25.8 Å². The van der Waals surface area contributed by atoms with Crippen molar-refractivity contribution in [3.63, 3.8) is 0 Å². The largest absolute Gasteiger partial charge is 0.390 e. The van der Waals surface area contributed by atoms with Crippen LogP contribution in [0.4, 0.5) is 0 Å². The molecular weight excluding hydrogens is 578 g/mol. The van der Waals surface area contributed by atoms with E-state index in [0.717, 1.165) is 56.9 Å². The van der Waals surface area contributed by atoms with E-state index in [1.54, 1.807) is 4.90 Å². The molecule has 3 fully saturated rings. The molecule has 10 heteroatoms. The van der Waals surface area contributed by atoms with E-state index in [4.69, 9.17) is 0 Å². The third kappa shape index (κ3) is 12.1. The summed E-state index contributed by atoms with van der Waals surface area (Å²) in [5.41, 5.74) is 0.860. The van der Waals surface area contributed by atoms with Crippen LogP contribution in [0, 0.1) is 23.7 Å². The van der Waals surface area contributed by atoms with E-state index in [-0.39, 0.29) is 23.8 Å². The minimum Gasteiger partial charge on any atom is -0.390 e. The van der Waals surface area contributed by atoms with Crippen molar-refractivity contribution in [2.75, 3.05) is 32.1 Å². The Kier molecular flexibility index (Phi) is 13.1. The lowest BCUT2D eigenvalue weighted by atomic mass is 9.82. The standard InChI is InChI=1S/C34H55N3O6S/c1-37(2)17-18-44(42,43)23-28(19-24-9-5-3-6-10-24)33(40)36-30(21-26-13-14-26)34(41)35-29(20-25-11-7-4-8-12-25)32(39)31(38)22-27-15-16-27/h3,5-6,9-10,25-32,38-39H,4,7-8,11-23H2,1-2H3,(H,35,41)(H,36,40)/t28-,29+,30+,31+,32-/m1/s1. The lowest BCUT2D eigenvalue weighted by Crippen LogP contribution is -2.56. The number of aliphatic hydroxyl groups is 2. The van der Waals surface area contributed by atoms with Crippen LogP contribution in [0.1, 0.15) is 82.6 Å². The first-order valence-electron chi connectivity index (χ1n) is 16.8. The summed E-state index contributed by atoms with van der Waals surface area (Å²) in [6, 6.07) is 7.93. The number of rotatable bonds is 19. The van der Waals surface area contributed by atoms with Gasteiger partial charge in [-0.15, -0.1) is 0 Å². The number of aliphatic hydroxyl groups excluding tert-OH is 2. The Hall–Kier alpha value is -2.01. The number of nitrogens with zero attached hydrogens (tertiary/aromatic N) is 1. The van der Waals surface area contributed by atoms with Crippen LogP contribution < -0.4 is 10.6 Å². The second kappa shape index (κ2) is 16.5. The van der Waals surface area contributed by atoms with Gasteiger partial charge in [-0.05, 0) is 63.1 Å². The van der Waals surface area contributed by atoms with Crippen molar-refractivity contribution in [3.05, 3.63) is 35.9 Å². The molecule has 1 aromatic rings. The summed E-state index contributed by atoms with van der Waals surface area (Å²) in [5, 5.41) is 28.1. The summed E-state index contributed by atoms with van der Waals surface area (Å²) in [5.74, 6) is -0.866. The number of hydrogen-bond acceptors (Lipinski definition) is 7. The highest BCUT2D eigenvalue weighted by Crippen LogP contribution is 2.36. The van der Waals surface area contributed by atoms with Crippen LogP contribution in [0.5, 0.6) is 0 Å². The van der Waals surface area contributed by atoms with Crippen molar-refractivity contribution in [2.24, 2.45) is 23.7 Å². The van der Waals surface area contributed by atoms with Gasteiger partial charge in [0.05, 0.1) is 29.6 Å². The van der Waals surface area contributed by atoms with Crippen LogP contribution in [0.15, 0.2) is 30.3 Å². The fourth-order valence-corrected chi connectivity index (χ4v) is 8.19. The van der Waals surface area contributed by atoms with Crippen molar-refractivity contribution >= 4 is 21.7 Å². The number of carbonyl (C=O) groups excluding carboxylic acids is 2. The van der Waals surface area contributed by atoms with Gasteiger partial charge >= 0.3 is 0 Å². The van der Waals surface area contributed by atoms with Gasteiger partial charge in [0, 0.05) is 6.54 Å². The fraction of sp³-hybridized carbons (Fsp3) is 0.765. The zero-order chi connectivity index (χ0) is 31.7. The van der Waals surface area contributed by atoms with E-state index in [9.17, 15) is 28.2 Å². The Labute approximate surface area is 264 Å². The number of amides is 2. The Morgan fingerprint density at radius 1 is 0.841 bits per heavy atom. The Morgan fingerprint density at radius 2 is 1.45 bits per heavy atom. The highest BCUT2D eigenvalue weighted by Gasteiger charge is 2.38. The van der Waals surface area contributed by atoms with Crippen LogP contribution in [0.2, 0.25) is 0 Å². The first-order chi connectivity index (χ1) is 21.0. The average Bonchev–Trinajstić information content (AvgIpc) is 3.93. The summed E-state index contributed by atoms with van der Waals surface area (Å²) in [4.78, 5) is 29.5. The van der Waals surface area contributed by atoms with Gasteiger partial charge < -0.3 is 25.7 Å². The molecule has 1 aromatic carbocycles. The predicted octanol–water partition coefficient (Wildman–Crippen LogP) is 3.08. The molecule has 3 aliphatic rings. The van der Waals surface area contributed by atoms with Crippen LogP contribution in [-0.4, -0.2) is 91.8 Å². The summed E-state index contributed by atoms with van der Waals surface area (Å²) in [6.45, 7) is 0.367.